The zero-order chi connectivity index (χ0) is 19.2. The first-order valence-corrected chi connectivity index (χ1v) is 9.95. The number of pyridine rings is 1. The predicted molar refractivity (Wildman–Crippen MR) is 102 cm³/mol. The number of guanidine groups is 1. The maximum absolute atomic E-state index is 11.7. The second-order valence-corrected chi connectivity index (χ2v) is 7.84. The van der Waals surface area contributed by atoms with Crippen molar-refractivity contribution in [2.24, 2.45) is 4.99 Å². The van der Waals surface area contributed by atoms with E-state index in [2.05, 4.69) is 20.6 Å². The third kappa shape index (κ3) is 5.45. The monoisotopic (exact) mass is 376 g/mol. The van der Waals surface area contributed by atoms with Crippen LogP contribution in [0.5, 0.6) is 5.88 Å². The van der Waals surface area contributed by atoms with Gasteiger partial charge in [-0.25, -0.2) is 13.4 Å². The zero-order valence-corrected chi connectivity index (χ0v) is 16.2. The standard InChI is InChI=1S/C18H24N4O3S/c1-13-9-14(5-7-16(13)26(4,23)24)10-21-18(19-2)22-12-15-6-8-17(25-3)20-11-15/h5-9,11H,10,12H2,1-4H3,(H2,19,21,22). The lowest BCUT2D eigenvalue weighted by atomic mass is 10.1. The molecule has 140 valence electrons. The first-order chi connectivity index (χ1) is 12.3. The van der Waals surface area contributed by atoms with Crippen molar-refractivity contribution >= 4 is 15.8 Å². The Morgan fingerprint density at radius 1 is 1.15 bits per heavy atom. The summed E-state index contributed by atoms with van der Waals surface area (Å²) in [5, 5.41) is 6.41. The summed E-state index contributed by atoms with van der Waals surface area (Å²) in [4.78, 5) is 8.70. The molecule has 0 atom stereocenters. The van der Waals surface area contributed by atoms with Gasteiger partial charge in [0.05, 0.1) is 12.0 Å². The van der Waals surface area contributed by atoms with Crippen molar-refractivity contribution in [3.05, 3.63) is 53.2 Å². The van der Waals surface area contributed by atoms with Crippen molar-refractivity contribution in [1.29, 1.82) is 0 Å². The molecule has 2 aromatic rings. The number of nitrogens with one attached hydrogen (secondary N) is 2. The van der Waals surface area contributed by atoms with Crippen LogP contribution in [0.4, 0.5) is 0 Å². The largest absolute Gasteiger partial charge is 0.481 e. The summed E-state index contributed by atoms with van der Waals surface area (Å²) in [6.45, 7) is 2.90. The summed E-state index contributed by atoms with van der Waals surface area (Å²) in [7, 11) is 0.0718. The average Bonchev–Trinajstić information content (AvgIpc) is 2.61. The van der Waals surface area contributed by atoms with E-state index < -0.39 is 9.84 Å². The fourth-order valence-corrected chi connectivity index (χ4v) is 3.42. The summed E-state index contributed by atoms with van der Waals surface area (Å²) in [6, 6.07) is 9.04. The topological polar surface area (TPSA) is 92.7 Å². The van der Waals surface area contributed by atoms with Crippen LogP contribution in [-0.4, -0.2) is 39.8 Å². The van der Waals surface area contributed by atoms with E-state index in [1.165, 1.54) is 6.26 Å². The Balaban J connectivity index is 1.93. The molecule has 0 fully saturated rings. The van der Waals surface area contributed by atoms with Gasteiger partial charge in [-0.05, 0) is 29.7 Å². The van der Waals surface area contributed by atoms with E-state index in [0.29, 0.717) is 29.8 Å². The summed E-state index contributed by atoms with van der Waals surface area (Å²) in [5.74, 6) is 1.22. The Kier molecular flexibility index (Phi) is 6.57. The highest BCUT2D eigenvalue weighted by Gasteiger charge is 2.11. The molecule has 2 N–H and O–H groups in total. The molecule has 1 aromatic heterocycles. The highest BCUT2D eigenvalue weighted by molar-refractivity contribution is 7.90. The number of hydrogen-bond donors (Lipinski definition) is 2. The van der Waals surface area contributed by atoms with Gasteiger partial charge in [-0.15, -0.1) is 0 Å². The lowest BCUT2D eigenvalue weighted by molar-refractivity contribution is 0.397. The average molecular weight is 376 g/mol. The normalized spacial score (nSPS) is 11.9. The molecule has 7 nitrogen and oxygen atoms in total. The fraction of sp³-hybridized carbons (Fsp3) is 0.333. The van der Waals surface area contributed by atoms with Gasteiger partial charge < -0.3 is 15.4 Å². The zero-order valence-electron chi connectivity index (χ0n) is 15.4. The van der Waals surface area contributed by atoms with Gasteiger partial charge in [0.2, 0.25) is 5.88 Å². The van der Waals surface area contributed by atoms with E-state index >= 15 is 0 Å². The van der Waals surface area contributed by atoms with Crippen molar-refractivity contribution in [2.45, 2.75) is 24.9 Å². The van der Waals surface area contributed by atoms with Gasteiger partial charge in [0.25, 0.3) is 0 Å². The molecule has 0 spiro atoms. The van der Waals surface area contributed by atoms with Crippen molar-refractivity contribution in [1.82, 2.24) is 15.6 Å². The van der Waals surface area contributed by atoms with Crippen molar-refractivity contribution in [3.63, 3.8) is 0 Å². The SMILES string of the molecule is CN=C(NCc1ccc(OC)nc1)NCc1ccc(S(C)(=O)=O)c(C)c1. The van der Waals surface area contributed by atoms with Gasteiger partial charge in [0, 0.05) is 38.7 Å². The van der Waals surface area contributed by atoms with Crippen molar-refractivity contribution < 1.29 is 13.2 Å². The second-order valence-electron chi connectivity index (χ2n) is 5.86. The Bertz CT molecular complexity index is 878. The van der Waals surface area contributed by atoms with Crippen LogP contribution in [0.1, 0.15) is 16.7 Å². The molecule has 0 aliphatic rings. The molecule has 0 saturated heterocycles. The number of aryl methyl sites for hydroxylation is 1. The molecular weight excluding hydrogens is 352 g/mol. The number of benzene rings is 1. The summed E-state index contributed by atoms with van der Waals surface area (Å²) in [6.07, 6.45) is 2.96. The number of sulfone groups is 1. The summed E-state index contributed by atoms with van der Waals surface area (Å²) in [5.41, 5.74) is 2.71. The molecule has 0 aliphatic heterocycles. The molecule has 26 heavy (non-hydrogen) atoms. The Labute approximate surface area is 154 Å². The van der Waals surface area contributed by atoms with E-state index in [1.54, 1.807) is 45.5 Å². The lowest BCUT2D eigenvalue weighted by Crippen LogP contribution is -2.36. The van der Waals surface area contributed by atoms with Gasteiger partial charge in [-0.1, -0.05) is 18.2 Å². The second kappa shape index (κ2) is 8.66. The van der Waals surface area contributed by atoms with E-state index in [4.69, 9.17) is 4.74 Å². The van der Waals surface area contributed by atoms with Crippen LogP contribution in [0.2, 0.25) is 0 Å². The minimum absolute atomic E-state index is 0.357. The molecule has 0 saturated carbocycles. The minimum atomic E-state index is -3.20. The van der Waals surface area contributed by atoms with Crippen LogP contribution in [0.3, 0.4) is 0 Å². The summed E-state index contributed by atoms with van der Waals surface area (Å²) < 4.78 is 28.4. The molecule has 0 amide bonds. The Hall–Kier alpha value is -2.61. The lowest BCUT2D eigenvalue weighted by Gasteiger charge is -2.13. The Morgan fingerprint density at radius 2 is 1.81 bits per heavy atom. The maximum Gasteiger partial charge on any atom is 0.212 e. The first-order valence-electron chi connectivity index (χ1n) is 8.06. The third-order valence-corrected chi connectivity index (χ3v) is 5.05. The number of aliphatic imine (C=N–C) groups is 1. The van der Waals surface area contributed by atoms with Crippen LogP contribution in [0.25, 0.3) is 0 Å². The van der Waals surface area contributed by atoms with E-state index in [9.17, 15) is 8.42 Å². The molecule has 0 radical (unpaired) electrons. The smallest absolute Gasteiger partial charge is 0.212 e. The number of aromatic nitrogens is 1. The molecular formula is C18H24N4O3S. The summed E-state index contributed by atoms with van der Waals surface area (Å²) >= 11 is 0. The Morgan fingerprint density at radius 3 is 2.31 bits per heavy atom. The van der Waals surface area contributed by atoms with Gasteiger partial charge >= 0.3 is 0 Å². The van der Waals surface area contributed by atoms with E-state index in [1.807, 2.05) is 12.1 Å². The molecule has 0 unspecified atom stereocenters. The molecule has 1 heterocycles. The van der Waals surface area contributed by atoms with Crippen LogP contribution in [0, 0.1) is 6.92 Å². The third-order valence-electron chi connectivity index (χ3n) is 3.79. The quantitative estimate of drug-likeness (QED) is 0.588. The van der Waals surface area contributed by atoms with Gasteiger partial charge in [-0.2, -0.15) is 0 Å². The first kappa shape index (κ1) is 19.7. The molecule has 0 bridgehead atoms. The number of hydrogen-bond acceptors (Lipinski definition) is 5. The van der Waals surface area contributed by atoms with E-state index in [-0.39, 0.29) is 0 Å². The van der Waals surface area contributed by atoms with Crippen LogP contribution in [-0.2, 0) is 22.9 Å². The molecule has 2 rings (SSSR count). The highest BCUT2D eigenvalue weighted by Crippen LogP contribution is 2.16. The molecule has 1 aromatic carbocycles. The number of nitrogens with zero attached hydrogens (tertiary/aromatic N) is 2. The number of rotatable bonds is 6. The predicted octanol–water partition coefficient (Wildman–Crippen LogP) is 1.67. The van der Waals surface area contributed by atoms with Crippen LogP contribution >= 0.6 is 0 Å². The van der Waals surface area contributed by atoms with Crippen LogP contribution < -0.4 is 15.4 Å². The minimum Gasteiger partial charge on any atom is -0.481 e. The number of ether oxygens (including phenoxy) is 1. The fourth-order valence-electron chi connectivity index (χ4n) is 2.47. The van der Waals surface area contributed by atoms with Gasteiger partial charge in [0.15, 0.2) is 15.8 Å². The highest BCUT2D eigenvalue weighted by atomic mass is 32.2. The van der Waals surface area contributed by atoms with Crippen molar-refractivity contribution in [3.8, 4) is 5.88 Å². The number of methoxy groups -OCH3 is 1. The van der Waals surface area contributed by atoms with Crippen LogP contribution in [0.15, 0.2) is 46.4 Å². The molecule has 8 heteroatoms. The maximum atomic E-state index is 11.7. The van der Waals surface area contributed by atoms with Gasteiger partial charge in [0.1, 0.15) is 0 Å². The van der Waals surface area contributed by atoms with Crippen molar-refractivity contribution in [2.75, 3.05) is 20.4 Å². The molecule has 0 aliphatic carbocycles. The van der Waals surface area contributed by atoms with E-state index in [0.717, 1.165) is 16.7 Å². The van der Waals surface area contributed by atoms with Gasteiger partial charge in [-0.3, -0.25) is 4.99 Å².